The predicted molar refractivity (Wildman–Crippen MR) is 89.2 cm³/mol. The number of aliphatic hydroxyl groups is 1. The molecule has 0 aromatic heterocycles. The van der Waals surface area contributed by atoms with Gasteiger partial charge in [0.15, 0.2) is 0 Å². The summed E-state index contributed by atoms with van der Waals surface area (Å²) < 4.78 is 0. The molecule has 0 saturated heterocycles. The van der Waals surface area contributed by atoms with Gasteiger partial charge >= 0.3 is 0 Å². The molecule has 0 fully saturated rings. The van der Waals surface area contributed by atoms with E-state index in [1.807, 2.05) is 24.3 Å². The topological polar surface area (TPSA) is 92.5 Å². The largest absolute Gasteiger partial charge is 0.390 e. The standard InChI is InChI=1S/C18H16N2O4/c21-16-11-13-5-1-2-7-15(13)18(16)19-17(22)9-8-12-4-3-6-14(10-12)20(23)24/h1-10,16,18,21H,11H2,(H,19,22)/b9-8+. The maximum atomic E-state index is 12.1. The molecule has 0 bridgehead atoms. The highest BCUT2D eigenvalue weighted by atomic mass is 16.6. The summed E-state index contributed by atoms with van der Waals surface area (Å²) >= 11 is 0. The molecule has 122 valence electrons. The molecule has 24 heavy (non-hydrogen) atoms. The molecule has 0 spiro atoms. The number of hydrogen-bond acceptors (Lipinski definition) is 4. The van der Waals surface area contributed by atoms with Gasteiger partial charge in [-0.15, -0.1) is 0 Å². The highest BCUT2D eigenvalue weighted by Crippen LogP contribution is 2.31. The van der Waals surface area contributed by atoms with E-state index in [2.05, 4.69) is 5.32 Å². The van der Waals surface area contributed by atoms with Gasteiger partial charge in [-0.2, -0.15) is 0 Å². The van der Waals surface area contributed by atoms with Crippen LogP contribution in [-0.4, -0.2) is 22.0 Å². The van der Waals surface area contributed by atoms with Crippen molar-refractivity contribution in [2.45, 2.75) is 18.6 Å². The maximum Gasteiger partial charge on any atom is 0.270 e. The summed E-state index contributed by atoms with van der Waals surface area (Å²) in [6.07, 6.45) is 2.68. The zero-order chi connectivity index (χ0) is 17.1. The quantitative estimate of drug-likeness (QED) is 0.513. The molecule has 2 atom stereocenters. The van der Waals surface area contributed by atoms with Crippen molar-refractivity contribution in [2.24, 2.45) is 0 Å². The van der Waals surface area contributed by atoms with Gasteiger partial charge < -0.3 is 10.4 Å². The lowest BCUT2D eigenvalue weighted by molar-refractivity contribution is -0.384. The van der Waals surface area contributed by atoms with Crippen LogP contribution in [0.4, 0.5) is 5.69 Å². The van der Waals surface area contributed by atoms with Crippen molar-refractivity contribution in [2.75, 3.05) is 0 Å². The van der Waals surface area contributed by atoms with Crippen LogP contribution in [0.2, 0.25) is 0 Å². The number of fused-ring (bicyclic) bond motifs is 1. The minimum absolute atomic E-state index is 0.0299. The van der Waals surface area contributed by atoms with Crippen molar-refractivity contribution in [3.05, 3.63) is 81.4 Å². The lowest BCUT2D eigenvalue weighted by Gasteiger charge is -2.16. The van der Waals surface area contributed by atoms with Crippen LogP contribution in [0.25, 0.3) is 6.08 Å². The van der Waals surface area contributed by atoms with E-state index >= 15 is 0 Å². The molecule has 1 aliphatic rings. The summed E-state index contributed by atoms with van der Waals surface area (Å²) in [7, 11) is 0. The van der Waals surface area contributed by atoms with E-state index in [-0.39, 0.29) is 11.6 Å². The third-order valence-corrected chi connectivity index (χ3v) is 4.01. The zero-order valence-corrected chi connectivity index (χ0v) is 12.8. The van der Waals surface area contributed by atoms with Crippen LogP contribution < -0.4 is 5.32 Å². The van der Waals surface area contributed by atoms with E-state index < -0.39 is 17.1 Å². The fraction of sp³-hybridized carbons (Fsp3) is 0.167. The first-order valence-corrected chi connectivity index (χ1v) is 7.53. The number of hydrogen-bond donors (Lipinski definition) is 2. The molecule has 3 rings (SSSR count). The van der Waals surface area contributed by atoms with Gasteiger partial charge in [0.1, 0.15) is 0 Å². The zero-order valence-electron chi connectivity index (χ0n) is 12.8. The summed E-state index contributed by atoms with van der Waals surface area (Å²) in [6.45, 7) is 0. The van der Waals surface area contributed by atoms with Crippen molar-refractivity contribution in [3.8, 4) is 0 Å². The average Bonchev–Trinajstić information content (AvgIpc) is 2.89. The summed E-state index contributed by atoms with van der Waals surface area (Å²) in [4.78, 5) is 22.4. The first-order chi connectivity index (χ1) is 11.5. The highest BCUT2D eigenvalue weighted by molar-refractivity contribution is 5.92. The second-order valence-corrected chi connectivity index (χ2v) is 5.64. The molecule has 2 aromatic carbocycles. The average molecular weight is 324 g/mol. The Bertz CT molecular complexity index is 816. The number of rotatable bonds is 4. The van der Waals surface area contributed by atoms with Gasteiger partial charge in [0.2, 0.25) is 5.91 Å². The lowest BCUT2D eigenvalue weighted by atomic mass is 10.1. The minimum Gasteiger partial charge on any atom is -0.390 e. The van der Waals surface area contributed by atoms with Gasteiger partial charge in [0.05, 0.1) is 17.1 Å². The van der Waals surface area contributed by atoms with Crippen molar-refractivity contribution in [3.63, 3.8) is 0 Å². The molecule has 0 saturated carbocycles. The molecule has 2 N–H and O–H groups in total. The molecule has 6 nitrogen and oxygen atoms in total. The molecule has 0 heterocycles. The smallest absolute Gasteiger partial charge is 0.270 e. The van der Waals surface area contributed by atoms with Crippen molar-refractivity contribution in [1.29, 1.82) is 0 Å². The molecule has 0 radical (unpaired) electrons. The molecule has 2 aromatic rings. The van der Waals surface area contributed by atoms with Gasteiger partial charge in [-0.1, -0.05) is 36.4 Å². The third kappa shape index (κ3) is 3.33. The maximum absolute atomic E-state index is 12.1. The Balaban J connectivity index is 1.70. The van der Waals surface area contributed by atoms with Gasteiger partial charge in [0, 0.05) is 24.6 Å². The molecule has 0 aliphatic heterocycles. The Morgan fingerprint density at radius 1 is 1.25 bits per heavy atom. The van der Waals surface area contributed by atoms with E-state index in [0.29, 0.717) is 12.0 Å². The van der Waals surface area contributed by atoms with Crippen LogP contribution in [-0.2, 0) is 11.2 Å². The van der Waals surface area contributed by atoms with Crippen LogP contribution >= 0.6 is 0 Å². The van der Waals surface area contributed by atoms with Gasteiger partial charge in [0.25, 0.3) is 5.69 Å². The number of non-ortho nitro benzene ring substituents is 1. The highest BCUT2D eigenvalue weighted by Gasteiger charge is 2.31. The monoisotopic (exact) mass is 324 g/mol. The SMILES string of the molecule is O=C(/C=C/c1cccc([N+](=O)[O-])c1)NC1c2ccccc2CC1O. The number of nitro benzene ring substituents is 1. The van der Waals surface area contributed by atoms with Crippen LogP contribution in [0.5, 0.6) is 0 Å². The number of amides is 1. The Labute approximate surface area is 138 Å². The summed E-state index contributed by atoms with van der Waals surface area (Å²) in [5, 5.41) is 23.7. The van der Waals surface area contributed by atoms with Crippen LogP contribution in [0, 0.1) is 10.1 Å². The number of benzene rings is 2. The molecular weight excluding hydrogens is 308 g/mol. The number of nitro groups is 1. The van der Waals surface area contributed by atoms with Crippen molar-refractivity contribution in [1.82, 2.24) is 5.32 Å². The minimum atomic E-state index is -0.655. The van der Waals surface area contributed by atoms with E-state index in [1.54, 1.807) is 12.1 Å². The first kappa shape index (κ1) is 15.9. The Morgan fingerprint density at radius 2 is 2.04 bits per heavy atom. The second-order valence-electron chi connectivity index (χ2n) is 5.64. The number of aliphatic hydroxyl groups excluding tert-OH is 1. The van der Waals surface area contributed by atoms with Crippen LogP contribution in [0.3, 0.4) is 0 Å². The summed E-state index contributed by atoms with van der Waals surface area (Å²) in [6, 6.07) is 13.2. The second kappa shape index (κ2) is 6.64. The number of carbonyl (C=O) groups excluding carboxylic acids is 1. The van der Waals surface area contributed by atoms with Crippen LogP contribution in [0.1, 0.15) is 22.7 Å². The molecule has 6 heteroatoms. The van der Waals surface area contributed by atoms with Gasteiger partial charge in [-0.25, -0.2) is 0 Å². The Hall–Kier alpha value is -2.99. The number of carbonyl (C=O) groups is 1. The van der Waals surface area contributed by atoms with Crippen molar-refractivity contribution < 1.29 is 14.8 Å². The van der Waals surface area contributed by atoms with E-state index in [9.17, 15) is 20.0 Å². The molecule has 1 amide bonds. The van der Waals surface area contributed by atoms with E-state index in [1.165, 1.54) is 24.3 Å². The lowest BCUT2D eigenvalue weighted by Crippen LogP contribution is -2.32. The van der Waals surface area contributed by atoms with Crippen molar-refractivity contribution >= 4 is 17.7 Å². The van der Waals surface area contributed by atoms with Gasteiger partial charge in [-0.05, 0) is 22.8 Å². The molecular formula is C18H16N2O4. The first-order valence-electron chi connectivity index (χ1n) is 7.53. The molecule has 2 unspecified atom stereocenters. The number of nitrogens with zero attached hydrogens (tertiary/aromatic N) is 1. The Morgan fingerprint density at radius 3 is 2.83 bits per heavy atom. The van der Waals surface area contributed by atoms with Crippen LogP contribution in [0.15, 0.2) is 54.6 Å². The summed E-state index contributed by atoms with van der Waals surface area (Å²) in [5.41, 5.74) is 2.48. The summed E-state index contributed by atoms with van der Waals surface area (Å²) in [5.74, 6) is -0.359. The Kier molecular flexibility index (Phi) is 4.39. The van der Waals surface area contributed by atoms with E-state index in [4.69, 9.17) is 0 Å². The predicted octanol–water partition coefficient (Wildman–Crippen LogP) is 2.38. The third-order valence-electron chi connectivity index (χ3n) is 4.01. The fourth-order valence-electron chi connectivity index (χ4n) is 2.86. The normalized spacial score (nSPS) is 19.2. The molecule has 1 aliphatic carbocycles. The number of nitrogens with one attached hydrogen (secondary N) is 1. The fourth-order valence-corrected chi connectivity index (χ4v) is 2.86. The van der Waals surface area contributed by atoms with Gasteiger partial charge in [-0.3, -0.25) is 14.9 Å². The van der Waals surface area contributed by atoms with E-state index in [0.717, 1.165) is 11.1 Å².